The molecule has 0 N–H and O–H groups in total. The lowest BCUT2D eigenvalue weighted by Crippen LogP contribution is -2.35. The first-order chi connectivity index (χ1) is 19.1. The van der Waals surface area contributed by atoms with E-state index in [1.807, 2.05) is 30.3 Å². The molecule has 3 aliphatic rings. The maximum Gasteiger partial charge on any atom is 0.306 e. The zero-order valence-electron chi connectivity index (χ0n) is 22.0. The van der Waals surface area contributed by atoms with Crippen molar-refractivity contribution < 1.29 is 32.9 Å². The minimum atomic E-state index is -0.426. The van der Waals surface area contributed by atoms with Crippen molar-refractivity contribution in [2.45, 2.75) is 37.8 Å². The highest BCUT2D eigenvalue weighted by atomic mass is 19.1. The predicted molar refractivity (Wildman–Crippen MR) is 142 cm³/mol. The van der Waals surface area contributed by atoms with E-state index in [1.54, 1.807) is 6.07 Å². The minimum absolute atomic E-state index is 0.0423. The number of benzene rings is 3. The van der Waals surface area contributed by atoms with Gasteiger partial charge in [-0.25, -0.2) is 4.39 Å². The summed E-state index contributed by atoms with van der Waals surface area (Å²) < 4.78 is 43.5. The predicted octanol–water partition coefficient (Wildman–Crippen LogP) is 5.56. The van der Waals surface area contributed by atoms with Gasteiger partial charge in [-0.05, 0) is 48.7 Å². The lowest BCUT2D eigenvalue weighted by atomic mass is 9.98. The lowest BCUT2D eigenvalue weighted by Gasteiger charge is -2.26. The third-order valence-corrected chi connectivity index (χ3v) is 7.68. The average molecular weight is 534 g/mol. The van der Waals surface area contributed by atoms with Gasteiger partial charge in [0.05, 0.1) is 33.4 Å². The molecule has 7 nitrogen and oxygen atoms in total. The highest BCUT2D eigenvalue weighted by Gasteiger charge is 2.32. The van der Waals surface area contributed by atoms with E-state index >= 15 is 4.39 Å². The van der Waals surface area contributed by atoms with Gasteiger partial charge < -0.3 is 23.7 Å². The Balaban J connectivity index is 1.14. The van der Waals surface area contributed by atoms with Crippen molar-refractivity contribution in [2.24, 2.45) is 0 Å². The van der Waals surface area contributed by atoms with Crippen LogP contribution in [0.5, 0.6) is 23.0 Å². The number of nitrogens with zero attached hydrogens (tertiary/aromatic N) is 1. The Morgan fingerprint density at radius 3 is 2.64 bits per heavy atom. The monoisotopic (exact) mass is 533 g/mol. The normalized spacial score (nSPS) is 20.2. The van der Waals surface area contributed by atoms with E-state index in [1.165, 1.54) is 18.7 Å². The van der Waals surface area contributed by atoms with Crippen molar-refractivity contribution in [2.75, 3.05) is 40.0 Å². The van der Waals surface area contributed by atoms with Crippen molar-refractivity contribution in [1.29, 1.82) is 0 Å². The Kier molecular flexibility index (Phi) is 7.39. The van der Waals surface area contributed by atoms with Crippen molar-refractivity contribution in [1.82, 2.24) is 4.90 Å². The molecule has 1 aliphatic carbocycles. The second-order valence-electron chi connectivity index (χ2n) is 10.2. The smallest absolute Gasteiger partial charge is 0.306 e. The Morgan fingerprint density at radius 1 is 1.05 bits per heavy atom. The highest BCUT2D eigenvalue weighted by molar-refractivity contribution is 5.71. The summed E-state index contributed by atoms with van der Waals surface area (Å²) in [6.07, 6.45) is 1.15. The summed E-state index contributed by atoms with van der Waals surface area (Å²) >= 11 is 0. The SMILES string of the molecule is COC(=O)CC1COc2cc(O[C@@H]3CCc4c(Oc5ccc(CN6CCOCC6)cc5)ccc(F)c43)ccc21. The maximum absolute atomic E-state index is 15.0. The number of methoxy groups -OCH3 is 1. The van der Waals surface area contributed by atoms with E-state index in [4.69, 9.17) is 23.7 Å². The van der Waals surface area contributed by atoms with Crippen LogP contribution < -0.4 is 14.2 Å². The molecule has 0 radical (unpaired) electrons. The number of fused-ring (bicyclic) bond motifs is 2. The number of carbonyl (C=O) groups excluding carboxylic acids is 1. The fraction of sp³-hybridized carbons (Fsp3) is 0.387. The van der Waals surface area contributed by atoms with E-state index in [0.717, 1.165) is 49.7 Å². The van der Waals surface area contributed by atoms with Crippen LogP contribution in [0.25, 0.3) is 0 Å². The van der Waals surface area contributed by atoms with Gasteiger partial charge in [-0.3, -0.25) is 9.69 Å². The van der Waals surface area contributed by atoms with Crippen LogP contribution in [0.1, 0.15) is 47.1 Å². The van der Waals surface area contributed by atoms with Crippen LogP contribution >= 0.6 is 0 Å². The molecule has 8 heteroatoms. The van der Waals surface area contributed by atoms with Gasteiger partial charge in [-0.15, -0.1) is 0 Å². The molecule has 2 atom stereocenters. The number of morpholine rings is 1. The summed E-state index contributed by atoms with van der Waals surface area (Å²) in [5.41, 5.74) is 3.56. The van der Waals surface area contributed by atoms with Crippen LogP contribution in [0, 0.1) is 5.82 Å². The molecule has 1 unspecified atom stereocenters. The molecular weight excluding hydrogens is 501 g/mol. The van der Waals surface area contributed by atoms with Gasteiger partial charge in [0.2, 0.25) is 0 Å². The van der Waals surface area contributed by atoms with Crippen LogP contribution in [0.3, 0.4) is 0 Å². The zero-order chi connectivity index (χ0) is 26.8. The first kappa shape index (κ1) is 25.6. The summed E-state index contributed by atoms with van der Waals surface area (Å²) in [6, 6.07) is 16.8. The van der Waals surface area contributed by atoms with Crippen molar-refractivity contribution in [3.05, 3.63) is 82.7 Å². The first-order valence-electron chi connectivity index (χ1n) is 13.5. The summed E-state index contributed by atoms with van der Waals surface area (Å²) in [5.74, 6) is 2.06. The van der Waals surface area contributed by atoms with Gasteiger partial charge in [0.25, 0.3) is 0 Å². The maximum atomic E-state index is 15.0. The summed E-state index contributed by atoms with van der Waals surface area (Å²) in [6.45, 7) is 4.74. The molecule has 2 heterocycles. The van der Waals surface area contributed by atoms with Gasteiger partial charge in [-0.2, -0.15) is 0 Å². The number of hydrogen-bond acceptors (Lipinski definition) is 7. The summed E-state index contributed by atoms with van der Waals surface area (Å²) in [7, 11) is 1.38. The lowest BCUT2D eigenvalue weighted by molar-refractivity contribution is -0.141. The van der Waals surface area contributed by atoms with Crippen molar-refractivity contribution in [3.63, 3.8) is 0 Å². The van der Waals surface area contributed by atoms with E-state index in [2.05, 4.69) is 17.0 Å². The minimum Gasteiger partial charge on any atom is -0.492 e. The van der Waals surface area contributed by atoms with E-state index in [9.17, 15) is 4.79 Å². The molecule has 3 aromatic carbocycles. The molecule has 0 saturated carbocycles. The molecule has 6 rings (SSSR count). The third-order valence-electron chi connectivity index (χ3n) is 7.68. The van der Waals surface area contributed by atoms with E-state index in [-0.39, 0.29) is 24.1 Å². The molecule has 1 saturated heterocycles. The van der Waals surface area contributed by atoms with Gasteiger partial charge in [0.1, 0.15) is 34.9 Å². The molecule has 1 fully saturated rings. The quantitative estimate of drug-likeness (QED) is 0.352. The van der Waals surface area contributed by atoms with Gasteiger partial charge in [-0.1, -0.05) is 18.2 Å². The van der Waals surface area contributed by atoms with Gasteiger partial charge in [0.15, 0.2) is 0 Å². The number of hydrogen-bond donors (Lipinski definition) is 0. The highest BCUT2D eigenvalue weighted by Crippen LogP contribution is 2.44. The van der Waals surface area contributed by atoms with Crippen LogP contribution in [-0.4, -0.2) is 50.9 Å². The van der Waals surface area contributed by atoms with Gasteiger partial charge >= 0.3 is 5.97 Å². The first-order valence-corrected chi connectivity index (χ1v) is 13.5. The molecule has 0 bridgehead atoms. The van der Waals surface area contributed by atoms with Crippen molar-refractivity contribution >= 4 is 5.97 Å². The number of halogens is 1. The Morgan fingerprint density at radius 2 is 1.85 bits per heavy atom. The molecule has 2 aliphatic heterocycles. The van der Waals surface area contributed by atoms with Crippen LogP contribution in [0.15, 0.2) is 54.6 Å². The fourth-order valence-electron chi connectivity index (χ4n) is 5.61. The second kappa shape index (κ2) is 11.2. The number of rotatable bonds is 8. The fourth-order valence-corrected chi connectivity index (χ4v) is 5.61. The van der Waals surface area contributed by atoms with Crippen LogP contribution in [-0.2, 0) is 27.2 Å². The molecule has 204 valence electrons. The molecule has 3 aromatic rings. The van der Waals surface area contributed by atoms with E-state index in [0.29, 0.717) is 42.3 Å². The summed E-state index contributed by atoms with van der Waals surface area (Å²) in [4.78, 5) is 14.1. The molecule has 39 heavy (non-hydrogen) atoms. The topological polar surface area (TPSA) is 66.5 Å². The number of esters is 1. The second-order valence-corrected chi connectivity index (χ2v) is 10.2. The Bertz CT molecular complexity index is 1340. The molecule has 0 spiro atoms. The number of carbonyl (C=O) groups is 1. The van der Waals surface area contributed by atoms with Crippen LogP contribution in [0.2, 0.25) is 0 Å². The Hall–Kier alpha value is -3.62. The standard InChI is InChI=1S/C31H32FNO6/c1-35-30(34)16-21-19-37-29-17-23(6-7-24(21)29)39-28-10-8-25-27(11-9-26(32)31(25)28)38-22-4-2-20(3-5-22)18-33-12-14-36-15-13-33/h2-7,9,11,17,21,28H,8,10,12-16,18-19H2,1H3/t21?,28-/m1/s1. The average Bonchev–Trinajstić information content (AvgIpc) is 3.56. The van der Waals surface area contributed by atoms with Crippen LogP contribution in [0.4, 0.5) is 4.39 Å². The summed E-state index contributed by atoms with van der Waals surface area (Å²) in [5, 5.41) is 0. The van der Waals surface area contributed by atoms with Gasteiger partial charge in [0, 0.05) is 48.3 Å². The molecular formula is C31H32FNO6. The largest absolute Gasteiger partial charge is 0.492 e. The Labute approximate surface area is 227 Å². The molecule has 0 amide bonds. The van der Waals surface area contributed by atoms with Crippen molar-refractivity contribution in [3.8, 4) is 23.0 Å². The van der Waals surface area contributed by atoms with E-state index < -0.39 is 6.10 Å². The zero-order valence-corrected chi connectivity index (χ0v) is 22.0. The number of ether oxygens (including phenoxy) is 5. The molecule has 0 aromatic heterocycles. The third kappa shape index (κ3) is 5.58.